The van der Waals surface area contributed by atoms with E-state index in [1.807, 2.05) is 24.3 Å². The van der Waals surface area contributed by atoms with Gasteiger partial charge in [0.1, 0.15) is 11.8 Å². The molecule has 3 rings (SSSR count). The van der Waals surface area contributed by atoms with E-state index in [9.17, 15) is 24.3 Å². The predicted molar refractivity (Wildman–Crippen MR) is 173 cm³/mol. The van der Waals surface area contributed by atoms with E-state index in [1.54, 1.807) is 18.2 Å². The molecule has 2 aromatic rings. The lowest BCUT2D eigenvalue weighted by molar-refractivity contribution is -0.130. The molecule has 246 valence electrons. The molecule has 0 spiro atoms. The number of phenolic OH excluding ortho intramolecular Hbond substituents is 1. The summed E-state index contributed by atoms with van der Waals surface area (Å²) in [6.07, 6.45) is 2.67. The van der Waals surface area contributed by atoms with E-state index in [4.69, 9.17) is 22.9 Å². The SMILES string of the molecule is NCCC[C@H](N)CNC(=O)CCNC(=O)C[C@@H]1Cc2cccc(c2)-c2ccc(O)c(c2)C[C@H](N)C(=O)N[C@@H](CCCN)C(=O)N1. The molecule has 4 amide bonds. The molecule has 2 aromatic carbocycles. The third-order valence-electron chi connectivity index (χ3n) is 7.72. The topological polar surface area (TPSA) is 241 Å². The first-order valence-electron chi connectivity index (χ1n) is 15.6. The van der Waals surface area contributed by atoms with E-state index in [2.05, 4.69) is 21.3 Å². The number of hydrogen-bond acceptors (Lipinski definition) is 9. The third-order valence-corrected chi connectivity index (χ3v) is 7.72. The first-order valence-corrected chi connectivity index (χ1v) is 15.6. The fraction of sp³-hybridized carbons (Fsp3) is 0.500. The van der Waals surface area contributed by atoms with Crippen LogP contribution in [0.4, 0.5) is 0 Å². The molecule has 1 heterocycles. The first kappa shape index (κ1) is 35.4. The highest BCUT2D eigenvalue weighted by molar-refractivity contribution is 5.90. The summed E-state index contributed by atoms with van der Waals surface area (Å²) in [5.74, 6) is -1.54. The van der Waals surface area contributed by atoms with Crippen LogP contribution in [0.3, 0.4) is 0 Å². The Hall–Kier alpha value is -4.04. The average Bonchev–Trinajstić information content (AvgIpc) is 3.01. The van der Waals surface area contributed by atoms with Gasteiger partial charge < -0.3 is 49.3 Å². The lowest BCUT2D eigenvalue weighted by atomic mass is 9.95. The monoisotopic (exact) mass is 624 g/mol. The summed E-state index contributed by atoms with van der Waals surface area (Å²) in [4.78, 5) is 51.7. The average molecular weight is 625 g/mol. The molecule has 0 aliphatic carbocycles. The number of phenols is 1. The Morgan fingerprint density at radius 2 is 1.69 bits per heavy atom. The molecule has 0 saturated carbocycles. The molecule has 13 heteroatoms. The maximum atomic E-state index is 13.5. The van der Waals surface area contributed by atoms with E-state index >= 15 is 0 Å². The number of nitrogens with two attached hydrogens (primary N) is 4. The smallest absolute Gasteiger partial charge is 0.242 e. The molecule has 4 bridgehead atoms. The third kappa shape index (κ3) is 11.8. The summed E-state index contributed by atoms with van der Waals surface area (Å²) in [7, 11) is 0. The number of aromatic hydroxyl groups is 1. The molecule has 0 radical (unpaired) electrons. The van der Waals surface area contributed by atoms with E-state index in [-0.39, 0.29) is 55.8 Å². The van der Waals surface area contributed by atoms with Crippen molar-refractivity contribution >= 4 is 23.6 Å². The minimum absolute atomic E-state index is 0.0227. The van der Waals surface area contributed by atoms with Gasteiger partial charge >= 0.3 is 0 Å². The summed E-state index contributed by atoms with van der Waals surface area (Å²) in [5, 5.41) is 21.7. The molecule has 13 N–H and O–H groups in total. The van der Waals surface area contributed by atoms with Crippen LogP contribution in [-0.4, -0.2) is 79.1 Å². The maximum Gasteiger partial charge on any atom is 0.242 e. The van der Waals surface area contributed by atoms with E-state index < -0.39 is 29.9 Å². The van der Waals surface area contributed by atoms with Crippen LogP contribution in [0.5, 0.6) is 5.75 Å². The Bertz CT molecular complexity index is 1310. The summed E-state index contributed by atoms with van der Waals surface area (Å²) in [5.41, 5.74) is 26.4. The van der Waals surface area contributed by atoms with Crippen molar-refractivity contribution < 1.29 is 24.3 Å². The predicted octanol–water partition coefficient (Wildman–Crippen LogP) is -0.728. The largest absolute Gasteiger partial charge is 0.508 e. The fourth-order valence-corrected chi connectivity index (χ4v) is 5.19. The zero-order chi connectivity index (χ0) is 32.8. The Labute approximate surface area is 264 Å². The Morgan fingerprint density at radius 1 is 0.933 bits per heavy atom. The minimum atomic E-state index is -1.02. The molecule has 4 atom stereocenters. The van der Waals surface area contributed by atoms with E-state index in [0.717, 1.165) is 23.1 Å². The highest BCUT2D eigenvalue weighted by Crippen LogP contribution is 2.28. The molecule has 0 fully saturated rings. The zero-order valence-electron chi connectivity index (χ0n) is 25.7. The van der Waals surface area contributed by atoms with Crippen molar-refractivity contribution in [3.63, 3.8) is 0 Å². The van der Waals surface area contributed by atoms with Gasteiger partial charge in [-0.2, -0.15) is 0 Å². The van der Waals surface area contributed by atoms with Crippen molar-refractivity contribution in [1.29, 1.82) is 0 Å². The second-order valence-electron chi connectivity index (χ2n) is 11.6. The second-order valence-corrected chi connectivity index (χ2v) is 11.6. The number of nitrogens with one attached hydrogen (secondary N) is 4. The van der Waals surface area contributed by atoms with Crippen molar-refractivity contribution in [3.8, 4) is 16.9 Å². The van der Waals surface area contributed by atoms with Crippen LogP contribution in [0.25, 0.3) is 11.1 Å². The van der Waals surface area contributed by atoms with Crippen LogP contribution in [0.15, 0.2) is 42.5 Å². The molecule has 13 nitrogen and oxygen atoms in total. The van der Waals surface area contributed by atoms with E-state index in [0.29, 0.717) is 44.5 Å². The molecular weight excluding hydrogens is 576 g/mol. The molecule has 1 aliphatic rings. The van der Waals surface area contributed by atoms with Crippen LogP contribution in [-0.2, 0) is 32.0 Å². The number of hydrogen-bond donors (Lipinski definition) is 9. The van der Waals surface area contributed by atoms with Gasteiger partial charge in [-0.25, -0.2) is 0 Å². The van der Waals surface area contributed by atoms with Gasteiger partial charge in [-0.05, 0) is 79.6 Å². The highest BCUT2D eigenvalue weighted by Gasteiger charge is 2.27. The Kier molecular flexibility index (Phi) is 14.2. The minimum Gasteiger partial charge on any atom is -0.508 e. The lowest BCUT2D eigenvalue weighted by Crippen LogP contribution is -2.54. The Balaban J connectivity index is 1.76. The summed E-state index contributed by atoms with van der Waals surface area (Å²) >= 11 is 0. The lowest BCUT2D eigenvalue weighted by Gasteiger charge is -2.24. The molecule has 1 aliphatic heterocycles. The van der Waals surface area contributed by atoms with Crippen LogP contribution in [0, 0.1) is 0 Å². The van der Waals surface area contributed by atoms with Gasteiger partial charge in [0.05, 0.1) is 6.04 Å². The molecular formula is C32H48N8O5. The zero-order valence-corrected chi connectivity index (χ0v) is 25.7. The normalized spacial score (nSPS) is 19.3. The fourth-order valence-electron chi connectivity index (χ4n) is 5.19. The van der Waals surface area contributed by atoms with Crippen molar-refractivity contribution in [1.82, 2.24) is 21.3 Å². The molecule has 45 heavy (non-hydrogen) atoms. The van der Waals surface area contributed by atoms with Gasteiger partial charge in [0.2, 0.25) is 23.6 Å². The molecule has 0 aromatic heterocycles. The van der Waals surface area contributed by atoms with E-state index in [1.165, 1.54) is 0 Å². The molecule has 0 unspecified atom stereocenters. The first-order chi connectivity index (χ1) is 21.6. The van der Waals surface area contributed by atoms with Gasteiger partial charge in [0.25, 0.3) is 0 Å². The van der Waals surface area contributed by atoms with Gasteiger partial charge in [-0.15, -0.1) is 0 Å². The molecule has 0 saturated heterocycles. The van der Waals surface area contributed by atoms with Gasteiger partial charge in [0.15, 0.2) is 0 Å². The highest BCUT2D eigenvalue weighted by atomic mass is 16.3. The number of carbonyl (C=O) groups is 4. The van der Waals surface area contributed by atoms with Crippen LogP contribution >= 0.6 is 0 Å². The van der Waals surface area contributed by atoms with Crippen LogP contribution < -0.4 is 44.2 Å². The van der Waals surface area contributed by atoms with Crippen molar-refractivity contribution in [2.45, 2.75) is 75.5 Å². The van der Waals surface area contributed by atoms with Gasteiger partial charge in [0, 0.05) is 44.4 Å². The van der Waals surface area contributed by atoms with Crippen LogP contribution in [0.2, 0.25) is 0 Å². The summed E-state index contributed by atoms with van der Waals surface area (Å²) < 4.78 is 0. The summed E-state index contributed by atoms with van der Waals surface area (Å²) in [6.45, 7) is 1.31. The number of amides is 4. The van der Waals surface area contributed by atoms with Crippen molar-refractivity contribution in [3.05, 3.63) is 53.6 Å². The number of benzene rings is 2. The number of carbonyl (C=O) groups excluding carboxylic acids is 4. The standard InChI is InChI=1S/C32H48N8O5/c33-11-2-6-24(35)19-38-29(42)10-13-37-30(43)18-25-15-20-4-1-5-21(14-20)22-8-9-28(41)23(16-22)17-26(36)31(44)40-27(7-3-12-34)32(45)39-25/h1,4-5,8-9,14,16,24-27,41H,2-3,6-7,10-13,15,17-19,33-36H2,(H,37,43)(H,38,42)(H,39,45)(H,40,44)/t24-,25-,26-,27-/m0/s1. The van der Waals surface area contributed by atoms with Crippen molar-refractivity contribution in [2.75, 3.05) is 26.2 Å². The summed E-state index contributed by atoms with van der Waals surface area (Å²) in [6, 6.07) is 10.1. The van der Waals surface area contributed by atoms with Gasteiger partial charge in [-0.1, -0.05) is 30.3 Å². The second kappa shape index (κ2) is 18.1. The number of rotatable bonds is 13. The maximum absolute atomic E-state index is 13.5. The van der Waals surface area contributed by atoms with Crippen LogP contribution in [0.1, 0.15) is 49.7 Å². The van der Waals surface area contributed by atoms with Crippen molar-refractivity contribution in [2.24, 2.45) is 22.9 Å². The van der Waals surface area contributed by atoms with Gasteiger partial charge in [-0.3, -0.25) is 19.2 Å². The Morgan fingerprint density at radius 3 is 2.44 bits per heavy atom. The number of fused-ring (bicyclic) bond motifs is 5. The quantitative estimate of drug-likeness (QED) is 0.136.